The first-order valence-corrected chi connectivity index (χ1v) is 7.59. The lowest BCUT2D eigenvalue weighted by Crippen LogP contribution is -2.45. The van der Waals surface area contributed by atoms with Crippen molar-refractivity contribution in [2.24, 2.45) is 0 Å². The van der Waals surface area contributed by atoms with E-state index in [4.69, 9.17) is 14.2 Å². The molecule has 1 aromatic rings. The van der Waals surface area contributed by atoms with Crippen molar-refractivity contribution in [3.05, 3.63) is 23.8 Å². The standard InChI is InChI=1S/C16H23NO4/c1-16(18,10-13-11-19-8-5-17-13)12-3-4-14-15(9-12)21-7-2-6-20-14/h3-4,9,13,17-18H,2,5-8,10-11H2,1H3. The average Bonchev–Trinajstić information content (AvgIpc) is 2.72. The fraction of sp³-hybridized carbons (Fsp3) is 0.625. The summed E-state index contributed by atoms with van der Waals surface area (Å²) in [5, 5.41) is 14.2. The van der Waals surface area contributed by atoms with Crippen LogP contribution in [-0.4, -0.2) is 44.1 Å². The van der Waals surface area contributed by atoms with Gasteiger partial charge in [-0.2, -0.15) is 0 Å². The summed E-state index contributed by atoms with van der Waals surface area (Å²) in [7, 11) is 0. The summed E-state index contributed by atoms with van der Waals surface area (Å²) in [6, 6.07) is 5.86. The molecular weight excluding hydrogens is 270 g/mol. The van der Waals surface area contributed by atoms with Gasteiger partial charge in [0.25, 0.3) is 0 Å². The van der Waals surface area contributed by atoms with Crippen LogP contribution in [0.25, 0.3) is 0 Å². The van der Waals surface area contributed by atoms with Gasteiger partial charge in [-0.1, -0.05) is 6.07 Å². The van der Waals surface area contributed by atoms with Gasteiger partial charge >= 0.3 is 0 Å². The van der Waals surface area contributed by atoms with Crippen molar-refractivity contribution in [2.45, 2.75) is 31.4 Å². The van der Waals surface area contributed by atoms with Gasteiger partial charge in [0.1, 0.15) is 0 Å². The molecule has 5 nitrogen and oxygen atoms in total. The van der Waals surface area contributed by atoms with Gasteiger partial charge in [-0.25, -0.2) is 0 Å². The van der Waals surface area contributed by atoms with E-state index in [-0.39, 0.29) is 6.04 Å². The summed E-state index contributed by atoms with van der Waals surface area (Å²) in [4.78, 5) is 0. The van der Waals surface area contributed by atoms with Crippen molar-refractivity contribution in [1.29, 1.82) is 0 Å². The van der Waals surface area contributed by atoms with Crippen LogP contribution in [0.15, 0.2) is 18.2 Å². The molecule has 0 aliphatic carbocycles. The van der Waals surface area contributed by atoms with Crippen molar-refractivity contribution < 1.29 is 19.3 Å². The zero-order chi connectivity index (χ0) is 14.7. The van der Waals surface area contributed by atoms with Crippen molar-refractivity contribution >= 4 is 0 Å². The number of rotatable bonds is 3. The van der Waals surface area contributed by atoms with Crippen molar-refractivity contribution in [3.8, 4) is 11.5 Å². The van der Waals surface area contributed by atoms with Gasteiger partial charge in [0, 0.05) is 19.0 Å². The van der Waals surface area contributed by atoms with E-state index in [2.05, 4.69) is 5.32 Å². The molecule has 0 saturated carbocycles. The van der Waals surface area contributed by atoms with Crippen LogP contribution in [0.3, 0.4) is 0 Å². The van der Waals surface area contributed by atoms with Crippen LogP contribution in [0.5, 0.6) is 11.5 Å². The Morgan fingerprint density at radius 2 is 2.05 bits per heavy atom. The number of hydrogen-bond acceptors (Lipinski definition) is 5. The fourth-order valence-corrected chi connectivity index (χ4v) is 2.85. The summed E-state index contributed by atoms with van der Waals surface area (Å²) in [5.41, 5.74) is -0.0811. The third-order valence-corrected chi connectivity index (χ3v) is 4.01. The number of morpholine rings is 1. The number of nitrogens with one attached hydrogen (secondary N) is 1. The van der Waals surface area contributed by atoms with E-state index in [9.17, 15) is 5.11 Å². The van der Waals surface area contributed by atoms with Crippen LogP contribution in [0, 0.1) is 0 Å². The number of hydrogen-bond donors (Lipinski definition) is 2. The Bertz CT molecular complexity index is 483. The van der Waals surface area contributed by atoms with Crippen LogP contribution in [0.4, 0.5) is 0 Å². The van der Waals surface area contributed by atoms with Crippen molar-refractivity contribution in [1.82, 2.24) is 5.32 Å². The summed E-state index contributed by atoms with van der Waals surface area (Å²) >= 11 is 0. The van der Waals surface area contributed by atoms with Crippen molar-refractivity contribution in [3.63, 3.8) is 0 Å². The molecule has 0 aromatic heterocycles. The van der Waals surface area contributed by atoms with Gasteiger partial charge in [-0.3, -0.25) is 0 Å². The molecule has 2 atom stereocenters. The van der Waals surface area contributed by atoms with E-state index in [1.807, 2.05) is 25.1 Å². The first-order valence-electron chi connectivity index (χ1n) is 7.59. The Hall–Kier alpha value is -1.30. The number of benzene rings is 1. The van der Waals surface area contributed by atoms with E-state index < -0.39 is 5.60 Å². The van der Waals surface area contributed by atoms with Crippen LogP contribution < -0.4 is 14.8 Å². The molecule has 0 spiro atoms. The predicted molar refractivity (Wildman–Crippen MR) is 78.8 cm³/mol. The predicted octanol–water partition coefficient (Wildman–Crippen LogP) is 1.43. The normalized spacial score (nSPS) is 25.0. The van der Waals surface area contributed by atoms with E-state index in [0.29, 0.717) is 26.2 Å². The van der Waals surface area contributed by atoms with Gasteiger partial charge in [0.15, 0.2) is 11.5 Å². The number of aliphatic hydroxyl groups is 1. The minimum atomic E-state index is -0.928. The molecule has 0 amide bonds. The lowest BCUT2D eigenvalue weighted by Gasteiger charge is -2.32. The van der Waals surface area contributed by atoms with Crippen molar-refractivity contribution in [2.75, 3.05) is 33.0 Å². The molecule has 2 N–H and O–H groups in total. The second-order valence-electron chi connectivity index (χ2n) is 5.92. The zero-order valence-electron chi connectivity index (χ0n) is 12.4. The maximum atomic E-state index is 10.8. The highest BCUT2D eigenvalue weighted by molar-refractivity contribution is 5.45. The Balaban J connectivity index is 1.76. The highest BCUT2D eigenvalue weighted by Gasteiger charge is 2.29. The molecule has 2 aliphatic heterocycles. The topological polar surface area (TPSA) is 60.0 Å². The summed E-state index contributed by atoms with van der Waals surface area (Å²) in [5.74, 6) is 1.48. The zero-order valence-corrected chi connectivity index (χ0v) is 12.4. The lowest BCUT2D eigenvalue weighted by molar-refractivity contribution is 0.00307. The quantitative estimate of drug-likeness (QED) is 0.883. The largest absolute Gasteiger partial charge is 0.490 e. The molecule has 1 saturated heterocycles. The monoisotopic (exact) mass is 293 g/mol. The highest BCUT2D eigenvalue weighted by Crippen LogP contribution is 2.35. The second-order valence-corrected chi connectivity index (χ2v) is 5.92. The highest BCUT2D eigenvalue weighted by atomic mass is 16.5. The van der Waals surface area contributed by atoms with Gasteiger partial charge in [0.05, 0.1) is 32.0 Å². The number of fused-ring (bicyclic) bond motifs is 1. The van der Waals surface area contributed by atoms with Crippen LogP contribution in [-0.2, 0) is 10.3 Å². The summed E-state index contributed by atoms with van der Waals surface area (Å²) in [6.07, 6.45) is 1.48. The molecule has 0 radical (unpaired) electrons. The van der Waals surface area contributed by atoms with E-state index in [0.717, 1.165) is 36.6 Å². The summed E-state index contributed by atoms with van der Waals surface area (Å²) < 4.78 is 16.8. The molecule has 3 rings (SSSR count). The molecule has 2 aliphatic rings. The third-order valence-electron chi connectivity index (χ3n) is 4.01. The Labute approximate surface area is 125 Å². The maximum absolute atomic E-state index is 10.8. The molecule has 0 bridgehead atoms. The van der Waals surface area contributed by atoms with E-state index in [1.54, 1.807) is 0 Å². The average molecular weight is 293 g/mol. The fourth-order valence-electron chi connectivity index (χ4n) is 2.85. The molecule has 5 heteroatoms. The molecule has 21 heavy (non-hydrogen) atoms. The van der Waals surface area contributed by atoms with Crippen LogP contribution in [0.2, 0.25) is 0 Å². The Morgan fingerprint density at radius 1 is 1.24 bits per heavy atom. The van der Waals surface area contributed by atoms with Gasteiger partial charge in [0.2, 0.25) is 0 Å². The lowest BCUT2D eigenvalue weighted by atomic mass is 9.88. The molecule has 1 fully saturated rings. The smallest absolute Gasteiger partial charge is 0.161 e. The molecule has 1 aromatic carbocycles. The van der Waals surface area contributed by atoms with E-state index in [1.165, 1.54) is 0 Å². The SMILES string of the molecule is CC(O)(CC1COCCN1)c1ccc2c(c1)OCCCO2. The van der Waals surface area contributed by atoms with Gasteiger partial charge in [-0.05, 0) is 31.0 Å². The van der Waals surface area contributed by atoms with Crippen LogP contribution in [0.1, 0.15) is 25.3 Å². The first kappa shape index (κ1) is 14.6. The second kappa shape index (κ2) is 6.22. The summed E-state index contributed by atoms with van der Waals surface area (Å²) in [6.45, 7) is 5.37. The van der Waals surface area contributed by atoms with Gasteiger partial charge in [-0.15, -0.1) is 0 Å². The Morgan fingerprint density at radius 3 is 2.81 bits per heavy atom. The molecular formula is C16H23NO4. The first-order chi connectivity index (χ1) is 10.1. The minimum Gasteiger partial charge on any atom is -0.490 e. The Kier molecular flexibility index (Phi) is 4.33. The number of ether oxygens (including phenoxy) is 3. The molecule has 116 valence electrons. The molecule has 2 heterocycles. The molecule has 2 unspecified atom stereocenters. The van der Waals surface area contributed by atoms with E-state index >= 15 is 0 Å². The van der Waals surface area contributed by atoms with Gasteiger partial charge < -0.3 is 24.6 Å². The maximum Gasteiger partial charge on any atom is 0.161 e. The minimum absolute atomic E-state index is 0.171. The third kappa shape index (κ3) is 3.48. The van der Waals surface area contributed by atoms with Crippen LogP contribution >= 0.6 is 0 Å².